The molecular formula is C20H17Cl2N5O3S. The molecule has 2 heterocycles. The number of nitrogens with zero attached hydrogens (tertiary/aromatic N) is 3. The number of anilines is 2. The average molecular weight is 478 g/mol. The van der Waals surface area contributed by atoms with Crippen molar-refractivity contribution in [1.82, 2.24) is 15.0 Å². The molecule has 8 nitrogen and oxygen atoms in total. The number of thioether (sulfide) groups is 1. The van der Waals surface area contributed by atoms with Crippen LogP contribution in [-0.4, -0.2) is 44.2 Å². The normalized spacial score (nSPS) is 11.6. The van der Waals surface area contributed by atoms with Crippen molar-refractivity contribution in [1.29, 1.82) is 0 Å². The van der Waals surface area contributed by atoms with E-state index >= 15 is 0 Å². The lowest BCUT2D eigenvalue weighted by Crippen LogP contribution is -2.32. The summed E-state index contributed by atoms with van der Waals surface area (Å²) in [5, 5.41) is 16.0. The van der Waals surface area contributed by atoms with Crippen LogP contribution in [0.5, 0.6) is 0 Å². The third kappa shape index (κ3) is 6.06. The van der Waals surface area contributed by atoms with Crippen LogP contribution < -0.4 is 10.6 Å². The van der Waals surface area contributed by atoms with E-state index in [-0.39, 0.29) is 22.0 Å². The van der Waals surface area contributed by atoms with Crippen molar-refractivity contribution < 1.29 is 14.7 Å². The third-order valence-corrected chi connectivity index (χ3v) is 5.30. The number of benzene rings is 1. The molecule has 1 atom stereocenters. The molecule has 0 saturated carbocycles. The minimum Gasteiger partial charge on any atom is -0.480 e. The molecule has 3 aromatic rings. The Morgan fingerprint density at radius 2 is 1.81 bits per heavy atom. The summed E-state index contributed by atoms with van der Waals surface area (Å²) >= 11 is 13.4. The molecule has 0 unspecified atom stereocenters. The standard InChI is InChI=1S/C20H17Cl2N5O3S/c1-31-20-24-7-6-16(27-20)26-15(19(29)30)8-11-2-4-12(5-3-11)25-18(28)17-13(21)9-23-10-14(17)22/h2-7,9-10,15H,8H2,1H3,(H,25,28)(H,29,30)(H,24,26,27)/t15-/m0/s1. The second kappa shape index (κ2) is 10.4. The maximum Gasteiger partial charge on any atom is 0.326 e. The van der Waals surface area contributed by atoms with Gasteiger partial charge in [-0.2, -0.15) is 0 Å². The van der Waals surface area contributed by atoms with E-state index in [9.17, 15) is 14.7 Å². The number of hydrogen-bond donors (Lipinski definition) is 3. The first-order chi connectivity index (χ1) is 14.9. The summed E-state index contributed by atoms with van der Waals surface area (Å²) in [6, 6.07) is 7.53. The molecule has 3 N–H and O–H groups in total. The van der Waals surface area contributed by atoms with Gasteiger partial charge < -0.3 is 15.7 Å². The molecule has 1 aromatic carbocycles. The highest BCUT2D eigenvalue weighted by Gasteiger charge is 2.19. The minimum atomic E-state index is -1.01. The van der Waals surface area contributed by atoms with E-state index in [1.54, 1.807) is 36.5 Å². The molecule has 2 aromatic heterocycles. The minimum absolute atomic E-state index is 0.131. The van der Waals surface area contributed by atoms with Crippen LogP contribution in [0.3, 0.4) is 0 Å². The lowest BCUT2D eigenvalue weighted by Gasteiger charge is -2.16. The monoisotopic (exact) mass is 477 g/mol. The number of aliphatic carboxylic acids is 1. The molecule has 160 valence electrons. The zero-order valence-electron chi connectivity index (χ0n) is 16.2. The van der Waals surface area contributed by atoms with Gasteiger partial charge in [0.05, 0.1) is 15.6 Å². The number of rotatable bonds is 8. The number of aromatic nitrogens is 3. The number of nitrogens with one attached hydrogen (secondary N) is 2. The quantitative estimate of drug-likeness (QED) is 0.325. The Morgan fingerprint density at radius 1 is 1.13 bits per heavy atom. The SMILES string of the molecule is CSc1nccc(N[C@@H](Cc2ccc(NC(=O)c3c(Cl)cncc3Cl)cc2)C(=O)O)n1. The van der Waals surface area contributed by atoms with E-state index in [4.69, 9.17) is 23.2 Å². The van der Waals surface area contributed by atoms with E-state index in [0.717, 1.165) is 5.56 Å². The molecule has 0 radical (unpaired) electrons. The first kappa shape index (κ1) is 22.8. The Bertz CT molecular complexity index is 1080. The molecule has 0 aliphatic carbocycles. The summed E-state index contributed by atoms with van der Waals surface area (Å²) in [5.74, 6) is -1.05. The fourth-order valence-electron chi connectivity index (χ4n) is 2.68. The summed E-state index contributed by atoms with van der Waals surface area (Å²) in [7, 11) is 0. The topological polar surface area (TPSA) is 117 Å². The zero-order chi connectivity index (χ0) is 22.4. The highest BCUT2D eigenvalue weighted by atomic mass is 35.5. The molecule has 0 bridgehead atoms. The summed E-state index contributed by atoms with van der Waals surface area (Å²) < 4.78 is 0. The van der Waals surface area contributed by atoms with Crippen molar-refractivity contribution in [3.8, 4) is 0 Å². The van der Waals surface area contributed by atoms with Crippen LogP contribution in [0, 0.1) is 0 Å². The van der Waals surface area contributed by atoms with Crippen molar-refractivity contribution >= 4 is 58.3 Å². The van der Waals surface area contributed by atoms with Gasteiger partial charge in [0.2, 0.25) is 0 Å². The Kier molecular flexibility index (Phi) is 7.67. The van der Waals surface area contributed by atoms with E-state index < -0.39 is 17.9 Å². The largest absolute Gasteiger partial charge is 0.480 e. The van der Waals surface area contributed by atoms with Crippen LogP contribution in [0.2, 0.25) is 10.0 Å². The average Bonchev–Trinajstić information content (AvgIpc) is 2.74. The van der Waals surface area contributed by atoms with Gasteiger partial charge in [-0.05, 0) is 30.0 Å². The molecule has 0 fully saturated rings. The van der Waals surface area contributed by atoms with Gasteiger partial charge in [0.1, 0.15) is 11.9 Å². The Hall–Kier alpha value is -2.88. The van der Waals surface area contributed by atoms with Crippen molar-refractivity contribution in [3.05, 3.63) is 70.1 Å². The number of pyridine rings is 1. The van der Waals surface area contributed by atoms with E-state index in [1.807, 2.05) is 6.26 Å². The van der Waals surface area contributed by atoms with Gasteiger partial charge in [-0.25, -0.2) is 14.8 Å². The van der Waals surface area contributed by atoms with Crippen LogP contribution >= 0.6 is 35.0 Å². The fraction of sp³-hybridized carbons (Fsp3) is 0.150. The number of hydrogen-bond acceptors (Lipinski definition) is 7. The summed E-state index contributed by atoms with van der Waals surface area (Å²) in [6.07, 6.45) is 6.29. The van der Waals surface area contributed by atoms with Crippen molar-refractivity contribution in [2.75, 3.05) is 16.9 Å². The van der Waals surface area contributed by atoms with Crippen LogP contribution in [0.1, 0.15) is 15.9 Å². The fourth-order valence-corrected chi connectivity index (χ4v) is 3.57. The molecular weight excluding hydrogens is 461 g/mol. The number of halogens is 2. The van der Waals surface area contributed by atoms with Gasteiger partial charge in [0.25, 0.3) is 5.91 Å². The first-order valence-electron chi connectivity index (χ1n) is 8.93. The van der Waals surface area contributed by atoms with Gasteiger partial charge in [-0.1, -0.05) is 47.1 Å². The van der Waals surface area contributed by atoms with Gasteiger partial charge in [0, 0.05) is 30.7 Å². The lowest BCUT2D eigenvalue weighted by atomic mass is 10.1. The third-order valence-electron chi connectivity index (χ3n) is 4.17. The molecule has 31 heavy (non-hydrogen) atoms. The van der Waals surface area contributed by atoms with E-state index in [2.05, 4.69) is 25.6 Å². The second-order valence-corrected chi connectivity index (χ2v) is 7.88. The summed E-state index contributed by atoms with van der Waals surface area (Å²) in [6.45, 7) is 0. The van der Waals surface area contributed by atoms with Gasteiger partial charge in [0.15, 0.2) is 5.16 Å². The first-order valence-corrected chi connectivity index (χ1v) is 10.9. The van der Waals surface area contributed by atoms with E-state index in [0.29, 0.717) is 16.7 Å². The summed E-state index contributed by atoms with van der Waals surface area (Å²) in [4.78, 5) is 36.3. The maximum atomic E-state index is 12.5. The Balaban J connectivity index is 1.68. The zero-order valence-corrected chi connectivity index (χ0v) is 18.5. The number of carboxylic acid groups (broad SMARTS) is 1. The van der Waals surface area contributed by atoms with Crippen LogP contribution in [0.15, 0.2) is 54.1 Å². The van der Waals surface area contributed by atoms with Crippen LogP contribution in [-0.2, 0) is 11.2 Å². The van der Waals surface area contributed by atoms with Crippen molar-refractivity contribution in [3.63, 3.8) is 0 Å². The number of carbonyl (C=O) groups excluding carboxylic acids is 1. The number of carbonyl (C=O) groups is 2. The molecule has 0 spiro atoms. The lowest BCUT2D eigenvalue weighted by molar-refractivity contribution is -0.137. The van der Waals surface area contributed by atoms with Crippen LogP contribution in [0.4, 0.5) is 11.5 Å². The second-order valence-electron chi connectivity index (χ2n) is 6.30. The molecule has 1 amide bonds. The van der Waals surface area contributed by atoms with E-state index in [1.165, 1.54) is 24.2 Å². The molecule has 0 aliphatic rings. The smallest absolute Gasteiger partial charge is 0.326 e. The van der Waals surface area contributed by atoms with Gasteiger partial charge in [-0.3, -0.25) is 9.78 Å². The maximum absolute atomic E-state index is 12.5. The van der Waals surface area contributed by atoms with Gasteiger partial charge >= 0.3 is 5.97 Å². The Labute approximate surface area is 192 Å². The highest BCUT2D eigenvalue weighted by molar-refractivity contribution is 7.98. The van der Waals surface area contributed by atoms with Crippen molar-refractivity contribution in [2.45, 2.75) is 17.6 Å². The highest BCUT2D eigenvalue weighted by Crippen LogP contribution is 2.24. The van der Waals surface area contributed by atoms with Crippen molar-refractivity contribution in [2.24, 2.45) is 0 Å². The molecule has 11 heteroatoms. The van der Waals surface area contributed by atoms with Crippen LogP contribution in [0.25, 0.3) is 0 Å². The predicted octanol–water partition coefficient (Wildman–Crippen LogP) is 4.26. The predicted molar refractivity (Wildman–Crippen MR) is 121 cm³/mol. The number of amides is 1. The molecule has 0 aliphatic heterocycles. The molecule has 0 saturated heterocycles. The number of carboxylic acids is 1. The Morgan fingerprint density at radius 3 is 2.42 bits per heavy atom. The van der Waals surface area contributed by atoms with Gasteiger partial charge in [-0.15, -0.1) is 0 Å². The molecule has 3 rings (SSSR count). The summed E-state index contributed by atoms with van der Waals surface area (Å²) in [5.41, 5.74) is 1.40.